The van der Waals surface area contributed by atoms with Crippen molar-refractivity contribution in [2.75, 3.05) is 5.73 Å². The summed E-state index contributed by atoms with van der Waals surface area (Å²) in [7, 11) is 0. The molecule has 2 N–H and O–H groups in total. The number of nitrogens with zero attached hydrogens (tertiary/aromatic N) is 3. The van der Waals surface area contributed by atoms with E-state index in [9.17, 15) is 0 Å². The molecule has 0 saturated carbocycles. The number of hydrogen-bond donors (Lipinski definition) is 1. The van der Waals surface area contributed by atoms with Crippen molar-refractivity contribution in [3.05, 3.63) is 60.8 Å². The van der Waals surface area contributed by atoms with Crippen molar-refractivity contribution in [2.24, 2.45) is 0 Å². The van der Waals surface area contributed by atoms with Gasteiger partial charge >= 0.3 is 0 Å². The number of aromatic nitrogens is 3. The fourth-order valence-corrected chi connectivity index (χ4v) is 2.43. The molecule has 0 bridgehead atoms. The maximum absolute atomic E-state index is 5.84. The van der Waals surface area contributed by atoms with Gasteiger partial charge in [0.1, 0.15) is 0 Å². The predicted octanol–water partition coefficient (Wildman–Crippen LogP) is 3.13. The average molecular weight is 260 g/mol. The maximum atomic E-state index is 5.84. The molecule has 2 aromatic carbocycles. The van der Waals surface area contributed by atoms with Crippen LogP contribution in [0.15, 0.2) is 60.8 Å². The first-order valence-electron chi connectivity index (χ1n) is 6.41. The zero-order chi connectivity index (χ0) is 13.5. The van der Waals surface area contributed by atoms with Gasteiger partial charge in [0.05, 0.1) is 0 Å². The topological polar surface area (TPSA) is 56.2 Å². The van der Waals surface area contributed by atoms with Crippen molar-refractivity contribution in [2.45, 2.75) is 0 Å². The molecule has 4 aromatic rings. The number of benzene rings is 2. The highest BCUT2D eigenvalue weighted by molar-refractivity contribution is 5.86. The van der Waals surface area contributed by atoms with Crippen molar-refractivity contribution in [3.8, 4) is 11.4 Å². The van der Waals surface area contributed by atoms with E-state index in [4.69, 9.17) is 5.73 Å². The SMILES string of the molecule is Nc1ccc2nnc(-c3ccc4ccccc4c3)n2c1. The molecule has 0 atom stereocenters. The quantitative estimate of drug-likeness (QED) is 0.572. The molecular formula is C16H12N4. The van der Waals surface area contributed by atoms with Crippen LogP contribution in [0.2, 0.25) is 0 Å². The van der Waals surface area contributed by atoms with Gasteiger partial charge in [-0.15, -0.1) is 10.2 Å². The lowest BCUT2D eigenvalue weighted by atomic mass is 10.1. The number of nitrogens with two attached hydrogens (primary N) is 1. The van der Waals surface area contributed by atoms with Crippen LogP contribution in [0.1, 0.15) is 0 Å². The van der Waals surface area contributed by atoms with Crippen molar-refractivity contribution in [1.29, 1.82) is 0 Å². The Morgan fingerprint density at radius 3 is 2.60 bits per heavy atom. The molecule has 0 fully saturated rings. The van der Waals surface area contributed by atoms with E-state index in [-0.39, 0.29) is 0 Å². The normalized spacial score (nSPS) is 11.2. The lowest BCUT2D eigenvalue weighted by Crippen LogP contribution is -1.93. The number of fused-ring (bicyclic) bond motifs is 2. The summed E-state index contributed by atoms with van der Waals surface area (Å²) in [6, 6.07) is 18.2. The minimum Gasteiger partial charge on any atom is -0.398 e. The number of pyridine rings is 1. The molecular weight excluding hydrogens is 248 g/mol. The molecule has 0 saturated heterocycles. The van der Waals surface area contributed by atoms with E-state index in [1.165, 1.54) is 10.8 Å². The van der Waals surface area contributed by atoms with Gasteiger partial charge < -0.3 is 5.73 Å². The zero-order valence-corrected chi connectivity index (χ0v) is 10.7. The van der Waals surface area contributed by atoms with Crippen LogP contribution >= 0.6 is 0 Å². The summed E-state index contributed by atoms with van der Waals surface area (Å²) in [4.78, 5) is 0. The fraction of sp³-hybridized carbons (Fsp3) is 0. The van der Waals surface area contributed by atoms with E-state index < -0.39 is 0 Å². The Morgan fingerprint density at radius 1 is 0.850 bits per heavy atom. The molecule has 20 heavy (non-hydrogen) atoms. The number of rotatable bonds is 1. The first kappa shape index (κ1) is 11.0. The number of nitrogen functional groups attached to an aromatic ring is 1. The Morgan fingerprint density at radius 2 is 1.70 bits per heavy atom. The van der Waals surface area contributed by atoms with Crippen LogP contribution in [-0.2, 0) is 0 Å². The molecule has 0 aliphatic rings. The average Bonchev–Trinajstić information content (AvgIpc) is 2.89. The van der Waals surface area contributed by atoms with Gasteiger partial charge in [0.15, 0.2) is 11.5 Å². The van der Waals surface area contributed by atoms with E-state index in [1.807, 2.05) is 34.9 Å². The van der Waals surface area contributed by atoms with Crippen LogP contribution in [0.25, 0.3) is 27.8 Å². The van der Waals surface area contributed by atoms with Gasteiger partial charge in [-0.3, -0.25) is 4.40 Å². The summed E-state index contributed by atoms with van der Waals surface area (Å²) in [5, 5.41) is 10.8. The van der Waals surface area contributed by atoms with Crippen molar-refractivity contribution < 1.29 is 0 Å². The maximum Gasteiger partial charge on any atom is 0.168 e. The van der Waals surface area contributed by atoms with Crippen LogP contribution in [0.4, 0.5) is 5.69 Å². The van der Waals surface area contributed by atoms with E-state index >= 15 is 0 Å². The molecule has 2 heterocycles. The summed E-state index contributed by atoms with van der Waals surface area (Å²) in [6.45, 7) is 0. The van der Waals surface area contributed by atoms with Crippen LogP contribution in [0, 0.1) is 0 Å². The lowest BCUT2D eigenvalue weighted by molar-refractivity contribution is 1.11. The Hall–Kier alpha value is -2.88. The van der Waals surface area contributed by atoms with Gasteiger partial charge in [-0.05, 0) is 29.0 Å². The third-order valence-electron chi connectivity index (χ3n) is 3.43. The molecule has 4 nitrogen and oxygen atoms in total. The van der Waals surface area contributed by atoms with Crippen LogP contribution in [0.5, 0.6) is 0 Å². The third-order valence-corrected chi connectivity index (χ3v) is 3.43. The van der Waals surface area contributed by atoms with Gasteiger partial charge in [-0.2, -0.15) is 0 Å². The molecule has 0 unspecified atom stereocenters. The summed E-state index contributed by atoms with van der Waals surface area (Å²) >= 11 is 0. The predicted molar refractivity (Wildman–Crippen MR) is 80.3 cm³/mol. The second-order valence-electron chi connectivity index (χ2n) is 4.78. The number of anilines is 1. The largest absolute Gasteiger partial charge is 0.398 e. The highest BCUT2D eigenvalue weighted by Crippen LogP contribution is 2.24. The van der Waals surface area contributed by atoms with E-state index in [1.54, 1.807) is 0 Å². The standard InChI is InChI=1S/C16H12N4/c17-14-7-8-15-18-19-16(20(15)10-14)13-6-5-11-3-1-2-4-12(11)9-13/h1-10H,17H2. The fourth-order valence-electron chi connectivity index (χ4n) is 2.43. The first-order chi connectivity index (χ1) is 9.81. The highest BCUT2D eigenvalue weighted by Gasteiger charge is 2.08. The molecule has 96 valence electrons. The summed E-state index contributed by atoms with van der Waals surface area (Å²) < 4.78 is 1.92. The lowest BCUT2D eigenvalue weighted by Gasteiger charge is -2.03. The first-order valence-corrected chi connectivity index (χ1v) is 6.41. The molecule has 0 radical (unpaired) electrons. The van der Waals surface area contributed by atoms with Crippen LogP contribution in [0.3, 0.4) is 0 Å². The molecule has 0 aliphatic carbocycles. The van der Waals surface area contributed by atoms with Crippen molar-refractivity contribution in [3.63, 3.8) is 0 Å². The van der Waals surface area contributed by atoms with Gasteiger partial charge in [0.2, 0.25) is 0 Å². The molecule has 0 amide bonds. The Balaban J connectivity index is 1.98. The minimum absolute atomic E-state index is 0.694. The van der Waals surface area contributed by atoms with Crippen LogP contribution in [-0.4, -0.2) is 14.6 Å². The van der Waals surface area contributed by atoms with Crippen LogP contribution < -0.4 is 5.73 Å². The summed E-state index contributed by atoms with van der Waals surface area (Å²) in [5.74, 6) is 0.804. The van der Waals surface area contributed by atoms with E-state index in [0.29, 0.717) is 5.69 Å². The third kappa shape index (κ3) is 1.62. The Labute approximate surface area is 115 Å². The summed E-state index contributed by atoms with van der Waals surface area (Å²) in [5.41, 5.74) is 8.36. The molecule has 0 spiro atoms. The number of hydrogen-bond acceptors (Lipinski definition) is 3. The smallest absolute Gasteiger partial charge is 0.168 e. The second-order valence-corrected chi connectivity index (χ2v) is 4.78. The van der Waals surface area contributed by atoms with E-state index in [2.05, 4.69) is 40.5 Å². The Bertz CT molecular complexity index is 924. The summed E-state index contributed by atoms with van der Waals surface area (Å²) in [6.07, 6.45) is 1.85. The molecule has 4 rings (SSSR count). The van der Waals surface area contributed by atoms with Gasteiger partial charge in [-0.25, -0.2) is 0 Å². The molecule has 2 aromatic heterocycles. The molecule has 4 heteroatoms. The van der Waals surface area contributed by atoms with Crippen molar-refractivity contribution >= 4 is 22.1 Å². The van der Waals surface area contributed by atoms with Gasteiger partial charge in [0.25, 0.3) is 0 Å². The van der Waals surface area contributed by atoms with Crippen molar-refractivity contribution in [1.82, 2.24) is 14.6 Å². The minimum atomic E-state index is 0.694. The van der Waals surface area contributed by atoms with Gasteiger partial charge in [-0.1, -0.05) is 36.4 Å². The Kier molecular flexibility index (Phi) is 2.23. The second kappa shape index (κ2) is 4.06. The van der Waals surface area contributed by atoms with E-state index in [0.717, 1.165) is 17.0 Å². The molecule has 0 aliphatic heterocycles. The zero-order valence-electron chi connectivity index (χ0n) is 10.7. The monoisotopic (exact) mass is 260 g/mol. The highest BCUT2D eigenvalue weighted by atomic mass is 15.2. The van der Waals surface area contributed by atoms with Gasteiger partial charge in [0, 0.05) is 17.4 Å².